The Bertz CT molecular complexity index is 539. The summed E-state index contributed by atoms with van der Waals surface area (Å²) in [6.07, 6.45) is 8.90. The van der Waals surface area contributed by atoms with E-state index in [-0.39, 0.29) is 23.0 Å². The van der Waals surface area contributed by atoms with Gasteiger partial charge in [0.15, 0.2) is 11.5 Å². The molecule has 1 saturated heterocycles. The number of hydrogen-bond donors (Lipinski definition) is 2. The minimum atomic E-state index is -0.242. The van der Waals surface area contributed by atoms with Crippen molar-refractivity contribution in [3.63, 3.8) is 0 Å². The Morgan fingerprint density at radius 1 is 1.22 bits per heavy atom. The number of carbonyl (C=O) groups is 1. The zero-order chi connectivity index (χ0) is 16.1. The first kappa shape index (κ1) is 16.1. The molecule has 3 rings (SSSR count). The summed E-state index contributed by atoms with van der Waals surface area (Å²) in [5.41, 5.74) is 5.99. The van der Waals surface area contributed by atoms with Crippen LogP contribution in [0.3, 0.4) is 0 Å². The third-order valence-corrected chi connectivity index (χ3v) is 4.99. The van der Waals surface area contributed by atoms with Crippen LogP contribution in [0.4, 0.5) is 5.82 Å². The first-order valence-corrected chi connectivity index (χ1v) is 8.39. The van der Waals surface area contributed by atoms with Crippen molar-refractivity contribution in [2.75, 3.05) is 38.6 Å². The van der Waals surface area contributed by atoms with Crippen molar-refractivity contribution in [2.45, 2.75) is 37.6 Å². The molecular weight excluding hydrogens is 294 g/mol. The summed E-state index contributed by atoms with van der Waals surface area (Å²) in [5.74, 6) is -0.0668. The molecule has 7 nitrogen and oxygen atoms in total. The summed E-state index contributed by atoms with van der Waals surface area (Å²) in [6.45, 7) is 4.04. The minimum Gasteiger partial charge on any atom is -0.382 e. The lowest BCUT2D eigenvalue weighted by Crippen LogP contribution is -2.59. The van der Waals surface area contributed by atoms with Gasteiger partial charge in [-0.05, 0) is 12.8 Å². The van der Waals surface area contributed by atoms with Crippen LogP contribution in [0.2, 0.25) is 0 Å². The van der Waals surface area contributed by atoms with E-state index < -0.39 is 0 Å². The molecule has 0 aromatic carbocycles. The van der Waals surface area contributed by atoms with Crippen molar-refractivity contribution in [3.8, 4) is 0 Å². The molecule has 2 heterocycles. The van der Waals surface area contributed by atoms with Gasteiger partial charge in [-0.2, -0.15) is 0 Å². The fourth-order valence-corrected chi connectivity index (χ4v) is 3.70. The fraction of sp³-hybridized carbons (Fsp3) is 0.688. The lowest BCUT2D eigenvalue weighted by Gasteiger charge is -2.48. The summed E-state index contributed by atoms with van der Waals surface area (Å²) in [7, 11) is 0. The van der Waals surface area contributed by atoms with Gasteiger partial charge >= 0.3 is 0 Å². The van der Waals surface area contributed by atoms with Gasteiger partial charge in [-0.25, -0.2) is 9.97 Å². The fourth-order valence-electron chi connectivity index (χ4n) is 3.70. The molecule has 1 aromatic rings. The Hall–Kier alpha value is -1.73. The van der Waals surface area contributed by atoms with Gasteiger partial charge in [0.05, 0.1) is 13.2 Å². The van der Waals surface area contributed by atoms with Crippen LogP contribution in [-0.2, 0) is 4.74 Å². The number of carbonyl (C=O) groups excluding carboxylic acids is 1. The normalized spacial score (nSPS) is 21.7. The third kappa shape index (κ3) is 3.61. The molecule has 126 valence electrons. The molecule has 1 aromatic heterocycles. The molecule has 0 bridgehead atoms. The highest BCUT2D eigenvalue weighted by molar-refractivity contribution is 5.96. The number of nitrogens with one attached hydrogen (secondary N) is 1. The molecule has 1 aliphatic heterocycles. The number of amides is 1. The second-order valence-electron chi connectivity index (χ2n) is 6.36. The van der Waals surface area contributed by atoms with Crippen LogP contribution in [0.5, 0.6) is 0 Å². The maximum absolute atomic E-state index is 12.4. The minimum absolute atomic E-state index is 0.0364. The highest BCUT2D eigenvalue weighted by Gasteiger charge is 2.39. The Balaban J connectivity index is 1.69. The third-order valence-electron chi connectivity index (χ3n) is 4.99. The van der Waals surface area contributed by atoms with Crippen molar-refractivity contribution in [1.29, 1.82) is 0 Å². The van der Waals surface area contributed by atoms with E-state index in [9.17, 15) is 4.79 Å². The van der Waals surface area contributed by atoms with E-state index in [1.807, 2.05) is 0 Å². The number of anilines is 1. The monoisotopic (exact) mass is 319 g/mol. The molecular formula is C16H25N5O2. The first-order chi connectivity index (χ1) is 11.2. The average Bonchev–Trinajstić information content (AvgIpc) is 2.62. The molecule has 1 aliphatic carbocycles. The zero-order valence-electron chi connectivity index (χ0n) is 13.5. The van der Waals surface area contributed by atoms with Crippen molar-refractivity contribution in [3.05, 3.63) is 18.1 Å². The Labute approximate surface area is 136 Å². The zero-order valence-corrected chi connectivity index (χ0v) is 13.5. The van der Waals surface area contributed by atoms with E-state index in [0.29, 0.717) is 6.54 Å². The van der Waals surface area contributed by atoms with Crippen LogP contribution in [-0.4, -0.2) is 59.2 Å². The number of nitrogen functional groups attached to an aromatic ring is 1. The number of rotatable bonds is 4. The van der Waals surface area contributed by atoms with Crippen molar-refractivity contribution >= 4 is 11.7 Å². The largest absolute Gasteiger partial charge is 0.382 e. The Morgan fingerprint density at radius 2 is 1.91 bits per heavy atom. The molecule has 1 amide bonds. The van der Waals surface area contributed by atoms with Crippen LogP contribution in [0.15, 0.2) is 12.4 Å². The second kappa shape index (κ2) is 7.23. The number of aromatic nitrogens is 2. The molecule has 7 heteroatoms. The molecule has 0 spiro atoms. The lowest BCUT2D eigenvalue weighted by molar-refractivity contribution is -0.0361. The average molecular weight is 319 g/mol. The van der Waals surface area contributed by atoms with Gasteiger partial charge in [-0.15, -0.1) is 0 Å². The van der Waals surface area contributed by atoms with Crippen molar-refractivity contribution in [2.24, 2.45) is 0 Å². The topological polar surface area (TPSA) is 93.4 Å². The van der Waals surface area contributed by atoms with Crippen LogP contribution in [0.1, 0.15) is 42.6 Å². The van der Waals surface area contributed by atoms with E-state index in [0.717, 1.165) is 39.1 Å². The summed E-state index contributed by atoms with van der Waals surface area (Å²) in [5, 5.41) is 3.04. The van der Waals surface area contributed by atoms with E-state index in [1.165, 1.54) is 31.7 Å². The van der Waals surface area contributed by atoms with Crippen LogP contribution >= 0.6 is 0 Å². The SMILES string of the molecule is Nc1nccnc1C(=O)NCC1(N2CCOCC2)CCCCC1. The quantitative estimate of drug-likeness (QED) is 0.853. The van der Waals surface area contributed by atoms with Crippen molar-refractivity contribution < 1.29 is 9.53 Å². The van der Waals surface area contributed by atoms with E-state index in [2.05, 4.69) is 20.2 Å². The Morgan fingerprint density at radius 3 is 2.61 bits per heavy atom. The molecule has 3 N–H and O–H groups in total. The van der Waals surface area contributed by atoms with E-state index >= 15 is 0 Å². The number of nitrogens with zero attached hydrogens (tertiary/aromatic N) is 3. The molecule has 0 radical (unpaired) electrons. The highest BCUT2D eigenvalue weighted by atomic mass is 16.5. The van der Waals surface area contributed by atoms with Crippen LogP contribution < -0.4 is 11.1 Å². The van der Waals surface area contributed by atoms with Gasteiger partial charge in [-0.1, -0.05) is 19.3 Å². The van der Waals surface area contributed by atoms with Gasteiger partial charge in [-0.3, -0.25) is 9.69 Å². The smallest absolute Gasteiger partial charge is 0.273 e. The van der Waals surface area contributed by atoms with Gasteiger partial charge in [0, 0.05) is 37.6 Å². The highest BCUT2D eigenvalue weighted by Crippen LogP contribution is 2.33. The van der Waals surface area contributed by atoms with Crippen LogP contribution in [0, 0.1) is 0 Å². The maximum atomic E-state index is 12.4. The van der Waals surface area contributed by atoms with Gasteiger partial charge in [0.25, 0.3) is 5.91 Å². The maximum Gasteiger partial charge on any atom is 0.273 e. The first-order valence-electron chi connectivity index (χ1n) is 8.39. The van der Waals surface area contributed by atoms with Gasteiger partial charge < -0.3 is 15.8 Å². The standard InChI is InChI=1S/C16H25N5O2/c17-14-13(18-6-7-19-14)15(22)20-12-16(4-2-1-3-5-16)21-8-10-23-11-9-21/h6-7H,1-5,8-12H2,(H2,17,19)(H,20,22). The number of nitrogens with two attached hydrogens (primary N) is 1. The molecule has 0 unspecified atom stereocenters. The van der Waals surface area contributed by atoms with E-state index in [1.54, 1.807) is 0 Å². The molecule has 1 saturated carbocycles. The predicted octanol–water partition coefficient (Wildman–Crippen LogP) is 0.824. The summed E-state index contributed by atoms with van der Waals surface area (Å²) < 4.78 is 5.48. The van der Waals surface area contributed by atoms with Gasteiger partial charge in [0.1, 0.15) is 0 Å². The number of ether oxygens (including phenoxy) is 1. The summed E-state index contributed by atoms with van der Waals surface area (Å²) in [6, 6.07) is 0. The molecule has 23 heavy (non-hydrogen) atoms. The summed E-state index contributed by atoms with van der Waals surface area (Å²) >= 11 is 0. The van der Waals surface area contributed by atoms with Crippen LogP contribution in [0.25, 0.3) is 0 Å². The van der Waals surface area contributed by atoms with Crippen molar-refractivity contribution in [1.82, 2.24) is 20.2 Å². The van der Waals surface area contributed by atoms with E-state index in [4.69, 9.17) is 10.5 Å². The number of morpholine rings is 1. The number of hydrogen-bond acceptors (Lipinski definition) is 6. The molecule has 2 fully saturated rings. The summed E-state index contributed by atoms with van der Waals surface area (Å²) in [4.78, 5) is 22.9. The second-order valence-corrected chi connectivity index (χ2v) is 6.36. The van der Waals surface area contributed by atoms with Gasteiger partial charge in [0.2, 0.25) is 0 Å². The predicted molar refractivity (Wildman–Crippen MR) is 87.0 cm³/mol. The Kier molecular flexibility index (Phi) is 5.07. The molecule has 0 atom stereocenters. The molecule has 2 aliphatic rings. The lowest BCUT2D eigenvalue weighted by atomic mass is 9.79.